The van der Waals surface area contributed by atoms with Gasteiger partial charge in [-0.15, -0.1) is 0 Å². The molecule has 1 amide bonds. The normalized spacial score (nSPS) is 11.1. The summed E-state index contributed by atoms with van der Waals surface area (Å²) >= 11 is 0. The fraction of sp³-hybridized carbons (Fsp3) is 0.368. The molecule has 0 saturated heterocycles. The maximum absolute atomic E-state index is 12.7. The monoisotopic (exact) mass is 414 g/mol. The van der Waals surface area contributed by atoms with E-state index in [-0.39, 0.29) is 17.0 Å². The molecule has 1 heterocycles. The summed E-state index contributed by atoms with van der Waals surface area (Å²) in [6, 6.07) is 6.07. The van der Waals surface area contributed by atoms with E-state index in [4.69, 9.17) is 14.2 Å². The number of nitrogens with one attached hydrogen (secondary N) is 1. The lowest BCUT2D eigenvalue weighted by Crippen LogP contribution is -2.22. The van der Waals surface area contributed by atoms with Gasteiger partial charge in [0.2, 0.25) is 0 Å². The average molecular weight is 414 g/mol. The Morgan fingerprint density at radius 1 is 1.10 bits per heavy atom. The second kappa shape index (κ2) is 8.89. The van der Waals surface area contributed by atoms with Crippen LogP contribution in [0.25, 0.3) is 0 Å². The van der Waals surface area contributed by atoms with Gasteiger partial charge in [0.1, 0.15) is 18.0 Å². The first-order valence-corrected chi connectivity index (χ1v) is 8.48. The lowest BCUT2D eigenvalue weighted by Gasteiger charge is -2.13. The second-order valence-electron chi connectivity index (χ2n) is 6.18. The number of hydrogen-bond acceptors (Lipinski definition) is 5. The maximum Gasteiger partial charge on any atom is 0.406 e. The van der Waals surface area contributed by atoms with Crippen molar-refractivity contribution in [1.29, 1.82) is 0 Å². The van der Waals surface area contributed by atoms with Crippen LogP contribution in [-0.2, 0) is 16.1 Å². The van der Waals surface area contributed by atoms with Crippen LogP contribution in [0.15, 0.2) is 24.3 Å². The van der Waals surface area contributed by atoms with Gasteiger partial charge in [0.15, 0.2) is 6.61 Å². The number of carbonyl (C=O) groups excluding carboxylic acids is 2. The first kappa shape index (κ1) is 22.1. The summed E-state index contributed by atoms with van der Waals surface area (Å²) in [4.78, 5) is 24.4. The quantitative estimate of drug-likeness (QED) is 0.702. The van der Waals surface area contributed by atoms with Crippen LogP contribution in [0.5, 0.6) is 11.5 Å². The Morgan fingerprint density at radius 3 is 2.38 bits per heavy atom. The number of amides is 1. The van der Waals surface area contributed by atoms with Crippen molar-refractivity contribution >= 4 is 17.6 Å². The highest BCUT2D eigenvalue weighted by atomic mass is 19.4. The molecule has 0 aliphatic carbocycles. The lowest BCUT2D eigenvalue weighted by atomic mass is 10.2. The van der Waals surface area contributed by atoms with Gasteiger partial charge in [-0.05, 0) is 32.0 Å². The number of hydrogen-bond donors (Lipinski definition) is 1. The van der Waals surface area contributed by atoms with E-state index in [1.807, 2.05) is 0 Å². The standard InChI is InChI=1S/C19H21F3N2O5/c1-11-7-14(12(2)24(11)10-19(20,21)22)18(26)29-9-17(25)23-15-8-13(27-3)5-6-16(15)28-4/h5-8H,9-10H2,1-4H3,(H,23,25). The zero-order valence-corrected chi connectivity index (χ0v) is 16.3. The van der Waals surface area contributed by atoms with Crippen LogP contribution in [0.3, 0.4) is 0 Å². The summed E-state index contributed by atoms with van der Waals surface area (Å²) < 4.78 is 54.2. The third-order valence-corrected chi connectivity index (χ3v) is 4.15. The van der Waals surface area contributed by atoms with E-state index in [0.29, 0.717) is 17.2 Å². The molecular weight excluding hydrogens is 393 g/mol. The van der Waals surface area contributed by atoms with Gasteiger partial charge in [-0.2, -0.15) is 13.2 Å². The molecule has 10 heteroatoms. The molecule has 158 valence electrons. The molecular formula is C19H21F3N2O5. The molecule has 0 unspecified atom stereocenters. The van der Waals surface area contributed by atoms with Gasteiger partial charge in [0, 0.05) is 17.5 Å². The number of benzene rings is 1. The number of rotatable bonds is 7. The van der Waals surface area contributed by atoms with Gasteiger partial charge in [-0.25, -0.2) is 4.79 Å². The summed E-state index contributed by atoms with van der Waals surface area (Å²) in [5.41, 5.74) is 0.659. The minimum atomic E-state index is -4.43. The molecule has 29 heavy (non-hydrogen) atoms. The molecule has 1 aromatic carbocycles. The Hall–Kier alpha value is -3.17. The molecule has 2 aromatic rings. The largest absolute Gasteiger partial charge is 0.497 e. The van der Waals surface area contributed by atoms with Crippen molar-refractivity contribution in [3.63, 3.8) is 0 Å². The zero-order valence-electron chi connectivity index (χ0n) is 16.3. The van der Waals surface area contributed by atoms with Crippen molar-refractivity contribution < 1.29 is 37.0 Å². The van der Waals surface area contributed by atoms with Gasteiger partial charge < -0.3 is 24.1 Å². The van der Waals surface area contributed by atoms with E-state index >= 15 is 0 Å². The summed E-state index contributed by atoms with van der Waals surface area (Å²) in [5.74, 6) is -0.676. The zero-order chi connectivity index (χ0) is 21.8. The predicted molar refractivity (Wildman–Crippen MR) is 98.4 cm³/mol. The molecule has 0 radical (unpaired) electrons. The first-order chi connectivity index (χ1) is 13.6. The maximum atomic E-state index is 12.7. The van der Waals surface area contributed by atoms with Gasteiger partial charge in [-0.3, -0.25) is 4.79 Å². The molecule has 0 aliphatic heterocycles. The van der Waals surface area contributed by atoms with Crippen LogP contribution < -0.4 is 14.8 Å². The Kier molecular flexibility index (Phi) is 6.78. The van der Waals surface area contributed by atoms with Gasteiger partial charge in [-0.1, -0.05) is 0 Å². The molecule has 0 atom stereocenters. The summed E-state index contributed by atoms with van der Waals surface area (Å²) in [6.45, 7) is 1.00. The third-order valence-electron chi connectivity index (χ3n) is 4.15. The van der Waals surface area contributed by atoms with E-state index in [2.05, 4.69) is 5.32 Å². The van der Waals surface area contributed by atoms with E-state index in [0.717, 1.165) is 4.57 Å². The summed E-state index contributed by atoms with van der Waals surface area (Å²) in [7, 11) is 2.89. The molecule has 2 rings (SSSR count). The number of ether oxygens (including phenoxy) is 3. The van der Waals surface area contributed by atoms with E-state index in [1.54, 1.807) is 12.1 Å². The van der Waals surface area contributed by atoms with E-state index in [1.165, 1.54) is 40.2 Å². The van der Waals surface area contributed by atoms with Crippen molar-refractivity contribution in [1.82, 2.24) is 4.57 Å². The second-order valence-corrected chi connectivity index (χ2v) is 6.18. The average Bonchev–Trinajstić information content (AvgIpc) is 2.93. The number of aryl methyl sites for hydroxylation is 1. The molecule has 0 fully saturated rings. The predicted octanol–water partition coefficient (Wildman–Crippen LogP) is 3.48. The number of anilines is 1. The highest BCUT2D eigenvalue weighted by Crippen LogP contribution is 2.29. The SMILES string of the molecule is COc1ccc(OC)c(NC(=O)COC(=O)c2cc(C)n(CC(F)(F)F)c2C)c1. The van der Waals surface area contributed by atoms with Crippen LogP contribution in [0, 0.1) is 13.8 Å². The van der Waals surface area contributed by atoms with Gasteiger partial charge >= 0.3 is 12.1 Å². The first-order valence-electron chi connectivity index (χ1n) is 8.48. The van der Waals surface area contributed by atoms with Crippen LogP contribution >= 0.6 is 0 Å². The molecule has 0 saturated carbocycles. The van der Waals surface area contributed by atoms with Gasteiger partial charge in [0.05, 0.1) is 25.5 Å². The highest BCUT2D eigenvalue weighted by molar-refractivity contribution is 5.97. The number of esters is 1. The number of nitrogens with zero attached hydrogens (tertiary/aromatic N) is 1. The smallest absolute Gasteiger partial charge is 0.406 e. The van der Waals surface area contributed by atoms with Crippen LogP contribution in [0.1, 0.15) is 21.7 Å². The van der Waals surface area contributed by atoms with Crippen LogP contribution in [0.2, 0.25) is 0 Å². The number of halogens is 3. The van der Waals surface area contributed by atoms with Crippen molar-refractivity contribution in [2.75, 3.05) is 26.1 Å². The van der Waals surface area contributed by atoms with E-state index < -0.39 is 31.2 Å². The van der Waals surface area contributed by atoms with Crippen molar-refractivity contribution in [2.45, 2.75) is 26.6 Å². The Bertz CT molecular complexity index is 906. The molecule has 0 spiro atoms. The number of alkyl halides is 3. The lowest BCUT2D eigenvalue weighted by molar-refractivity contribution is -0.141. The van der Waals surface area contributed by atoms with E-state index in [9.17, 15) is 22.8 Å². The molecule has 0 aliphatic rings. The Balaban J connectivity index is 2.04. The van der Waals surface area contributed by atoms with Crippen LogP contribution in [-0.4, -0.2) is 43.4 Å². The Labute approximate surface area is 165 Å². The minimum absolute atomic E-state index is 0.0292. The fourth-order valence-electron chi connectivity index (χ4n) is 2.74. The number of carbonyl (C=O) groups is 2. The van der Waals surface area contributed by atoms with Crippen molar-refractivity contribution in [3.8, 4) is 11.5 Å². The fourth-order valence-corrected chi connectivity index (χ4v) is 2.74. The summed E-state index contributed by atoms with van der Waals surface area (Å²) in [5, 5.41) is 2.53. The molecule has 7 nitrogen and oxygen atoms in total. The summed E-state index contributed by atoms with van der Waals surface area (Å²) in [6.07, 6.45) is -4.43. The molecule has 0 bridgehead atoms. The minimum Gasteiger partial charge on any atom is -0.497 e. The van der Waals surface area contributed by atoms with Crippen molar-refractivity contribution in [3.05, 3.63) is 41.2 Å². The van der Waals surface area contributed by atoms with Crippen molar-refractivity contribution in [2.24, 2.45) is 0 Å². The molecule has 1 aromatic heterocycles. The highest BCUT2D eigenvalue weighted by Gasteiger charge is 2.30. The Morgan fingerprint density at radius 2 is 1.79 bits per heavy atom. The third kappa shape index (κ3) is 5.66. The number of aromatic nitrogens is 1. The topological polar surface area (TPSA) is 78.8 Å². The van der Waals surface area contributed by atoms with Gasteiger partial charge in [0.25, 0.3) is 5.91 Å². The molecule has 1 N–H and O–H groups in total. The van der Waals surface area contributed by atoms with Crippen LogP contribution in [0.4, 0.5) is 18.9 Å². The number of methoxy groups -OCH3 is 2.